The van der Waals surface area contributed by atoms with Crippen LogP contribution >= 0.6 is 0 Å². The largest absolute Gasteiger partial charge is 0.325 e. The van der Waals surface area contributed by atoms with Crippen LogP contribution in [0.25, 0.3) is 0 Å². The highest BCUT2D eigenvalue weighted by Gasteiger charge is 2.34. The smallest absolute Gasteiger partial charge is 0.224 e. The fourth-order valence-electron chi connectivity index (χ4n) is 6.15. The summed E-state index contributed by atoms with van der Waals surface area (Å²) in [6.07, 6.45) is 9.49. The highest BCUT2D eigenvalue weighted by atomic mass is 16.2. The average Bonchev–Trinajstić information content (AvgIpc) is 2.97. The molecule has 0 bridgehead atoms. The number of nitrogens with one attached hydrogen (secondary N) is 2. The molecule has 2 saturated heterocycles. The molecule has 3 aliphatic rings. The number of carbonyl (C=O) groups excluding carboxylic acids is 4. The van der Waals surface area contributed by atoms with Crippen LogP contribution in [0.1, 0.15) is 96.1 Å². The topological polar surface area (TPSA) is 98.8 Å². The first-order valence-corrected chi connectivity index (χ1v) is 14.9. The SMILES string of the molecule is O=C(CCCN1CCCCC1)Nc1ccc(NC(=O)CCCN2CCCCC2)c2c1C(=O)c1ccccc1C2=O. The molecule has 2 aliphatic heterocycles. The Morgan fingerprint density at radius 1 is 0.600 bits per heavy atom. The number of fused-ring (bicyclic) bond motifs is 2. The number of rotatable bonds is 10. The quantitative estimate of drug-likeness (QED) is 0.378. The zero-order valence-electron chi connectivity index (χ0n) is 23.3. The first kappa shape index (κ1) is 28.2. The van der Waals surface area contributed by atoms with Crippen molar-refractivity contribution in [1.29, 1.82) is 0 Å². The molecule has 0 spiro atoms. The van der Waals surface area contributed by atoms with Crippen molar-refractivity contribution >= 4 is 34.8 Å². The number of ketones is 2. The van der Waals surface area contributed by atoms with Gasteiger partial charge in [-0.2, -0.15) is 0 Å². The van der Waals surface area contributed by atoms with E-state index >= 15 is 0 Å². The van der Waals surface area contributed by atoms with Crippen LogP contribution in [0.5, 0.6) is 0 Å². The molecule has 212 valence electrons. The van der Waals surface area contributed by atoms with E-state index in [2.05, 4.69) is 20.4 Å². The molecule has 0 aromatic heterocycles. The molecule has 2 aromatic carbocycles. The maximum Gasteiger partial charge on any atom is 0.224 e. The van der Waals surface area contributed by atoms with Crippen molar-refractivity contribution in [2.75, 3.05) is 49.9 Å². The van der Waals surface area contributed by atoms with Crippen LogP contribution in [0, 0.1) is 0 Å². The van der Waals surface area contributed by atoms with Crippen molar-refractivity contribution < 1.29 is 19.2 Å². The maximum atomic E-state index is 13.6. The highest BCUT2D eigenvalue weighted by Crippen LogP contribution is 2.36. The number of hydrogen-bond donors (Lipinski definition) is 2. The van der Waals surface area contributed by atoms with E-state index in [1.807, 2.05) is 0 Å². The molecule has 1 aliphatic carbocycles. The zero-order chi connectivity index (χ0) is 27.9. The predicted octanol–water partition coefficient (Wildman–Crippen LogP) is 4.87. The molecule has 5 rings (SSSR count). The Hall–Kier alpha value is -3.36. The van der Waals surface area contributed by atoms with Crippen LogP contribution in [0.15, 0.2) is 36.4 Å². The van der Waals surface area contributed by atoms with E-state index < -0.39 is 0 Å². The summed E-state index contributed by atoms with van der Waals surface area (Å²) >= 11 is 0. The molecular weight excluding hydrogens is 504 g/mol. The van der Waals surface area contributed by atoms with Crippen molar-refractivity contribution in [2.45, 2.75) is 64.2 Å². The number of hydrogen-bond acceptors (Lipinski definition) is 6. The lowest BCUT2D eigenvalue weighted by Crippen LogP contribution is -2.31. The standard InChI is InChI=1S/C32H40N4O4/c37-27(13-9-21-35-17-5-1-6-18-35)33-25-15-16-26(34-28(38)14-10-22-36-19-7-2-8-20-36)30-29(25)31(39)23-11-3-4-12-24(23)32(30)40/h3-4,11-12,15-16H,1-2,5-10,13-14,17-22H2,(H,33,37)(H,34,38). The van der Waals surface area contributed by atoms with E-state index in [1.165, 1.54) is 38.5 Å². The number of carbonyl (C=O) groups is 4. The highest BCUT2D eigenvalue weighted by molar-refractivity contribution is 6.32. The second kappa shape index (κ2) is 13.3. The normalized spacial score (nSPS) is 17.7. The first-order chi connectivity index (χ1) is 19.5. The summed E-state index contributed by atoms with van der Waals surface area (Å²) in [5.41, 5.74) is 1.55. The van der Waals surface area contributed by atoms with Gasteiger partial charge in [-0.3, -0.25) is 19.2 Å². The molecule has 2 fully saturated rings. The number of piperidine rings is 2. The van der Waals surface area contributed by atoms with E-state index in [0.29, 0.717) is 35.3 Å². The molecule has 0 atom stereocenters. The van der Waals surface area contributed by atoms with Gasteiger partial charge in [-0.1, -0.05) is 37.1 Å². The van der Waals surface area contributed by atoms with Crippen molar-refractivity contribution in [3.8, 4) is 0 Å². The third kappa shape index (κ3) is 6.67. The molecule has 2 N–H and O–H groups in total. The molecule has 8 nitrogen and oxygen atoms in total. The summed E-state index contributed by atoms with van der Waals surface area (Å²) < 4.78 is 0. The van der Waals surface area contributed by atoms with Crippen LogP contribution in [-0.2, 0) is 9.59 Å². The van der Waals surface area contributed by atoms with E-state index in [1.54, 1.807) is 36.4 Å². The Bertz CT molecular complexity index is 1170. The van der Waals surface area contributed by atoms with Crippen molar-refractivity contribution in [1.82, 2.24) is 9.80 Å². The van der Waals surface area contributed by atoms with Gasteiger partial charge in [0.1, 0.15) is 0 Å². The lowest BCUT2D eigenvalue weighted by molar-refractivity contribution is -0.117. The second-order valence-electron chi connectivity index (χ2n) is 11.2. The molecule has 2 aromatic rings. The Labute approximate surface area is 236 Å². The third-order valence-electron chi connectivity index (χ3n) is 8.28. The van der Waals surface area contributed by atoms with Crippen molar-refractivity contribution in [2.24, 2.45) is 0 Å². The number of benzene rings is 2. The molecular formula is C32H40N4O4. The lowest BCUT2D eigenvalue weighted by atomic mass is 9.82. The minimum Gasteiger partial charge on any atom is -0.325 e. The molecule has 0 unspecified atom stereocenters. The monoisotopic (exact) mass is 544 g/mol. The summed E-state index contributed by atoms with van der Waals surface area (Å²) in [6, 6.07) is 9.97. The van der Waals surface area contributed by atoms with Crippen LogP contribution in [0.4, 0.5) is 11.4 Å². The number of amides is 2. The van der Waals surface area contributed by atoms with Crippen molar-refractivity contribution in [3.63, 3.8) is 0 Å². The summed E-state index contributed by atoms with van der Waals surface area (Å²) in [7, 11) is 0. The number of nitrogens with zero attached hydrogens (tertiary/aromatic N) is 2. The fraction of sp³-hybridized carbons (Fsp3) is 0.500. The van der Waals surface area contributed by atoms with Gasteiger partial charge in [-0.05, 0) is 89.9 Å². The lowest BCUT2D eigenvalue weighted by Gasteiger charge is -2.26. The van der Waals surface area contributed by atoms with Gasteiger partial charge in [0, 0.05) is 24.0 Å². The number of anilines is 2. The predicted molar refractivity (Wildman–Crippen MR) is 156 cm³/mol. The van der Waals surface area contributed by atoms with Gasteiger partial charge in [-0.25, -0.2) is 0 Å². The average molecular weight is 545 g/mol. The van der Waals surface area contributed by atoms with Gasteiger partial charge < -0.3 is 20.4 Å². The molecule has 0 saturated carbocycles. The molecule has 8 heteroatoms. The van der Waals surface area contributed by atoms with Gasteiger partial charge in [0.2, 0.25) is 11.8 Å². The Morgan fingerprint density at radius 3 is 1.40 bits per heavy atom. The summed E-state index contributed by atoms with van der Waals surface area (Å²) in [4.78, 5) is 57.8. The molecule has 2 amide bonds. The van der Waals surface area contributed by atoms with E-state index in [4.69, 9.17) is 0 Å². The van der Waals surface area contributed by atoms with E-state index in [9.17, 15) is 19.2 Å². The van der Waals surface area contributed by atoms with Crippen LogP contribution in [-0.4, -0.2) is 72.4 Å². The van der Waals surface area contributed by atoms with Crippen LogP contribution in [0.2, 0.25) is 0 Å². The van der Waals surface area contributed by atoms with Gasteiger partial charge in [0.25, 0.3) is 0 Å². The minimum atomic E-state index is -0.324. The van der Waals surface area contributed by atoms with Gasteiger partial charge in [-0.15, -0.1) is 0 Å². The summed E-state index contributed by atoms with van der Waals surface area (Å²) in [5.74, 6) is -1.02. The number of likely N-dealkylation sites (tertiary alicyclic amines) is 2. The van der Waals surface area contributed by atoms with E-state index in [0.717, 1.165) is 52.1 Å². The Balaban J connectivity index is 1.30. The third-order valence-corrected chi connectivity index (χ3v) is 8.28. The Morgan fingerprint density at radius 2 is 1.00 bits per heavy atom. The first-order valence-electron chi connectivity index (χ1n) is 14.9. The summed E-state index contributed by atoms with van der Waals surface area (Å²) in [6.45, 7) is 6.07. The minimum absolute atomic E-state index is 0.152. The summed E-state index contributed by atoms with van der Waals surface area (Å²) in [5, 5.41) is 5.78. The Kier molecular flexibility index (Phi) is 9.39. The van der Waals surface area contributed by atoms with Gasteiger partial charge in [0.15, 0.2) is 11.6 Å². The molecule has 0 radical (unpaired) electrons. The van der Waals surface area contributed by atoms with Crippen LogP contribution in [0.3, 0.4) is 0 Å². The second-order valence-corrected chi connectivity index (χ2v) is 11.2. The molecule has 2 heterocycles. The van der Waals surface area contributed by atoms with Gasteiger partial charge >= 0.3 is 0 Å². The zero-order valence-corrected chi connectivity index (χ0v) is 23.3. The van der Waals surface area contributed by atoms with E-state index in [-0.39, 0.29) is 34.5 Å². The van der Waals surface area contributed by atoms with Gasteiger partial charge in [0.05, 0.1) is 22.5 Å². The van der Waals surface area contributed by atoms with Crippen LogP contribution < -0.4 is 10.6 Å². The fourth-order valence-corrected chi connectivity index (χ4v) is 6.15. The maximum absolute atomic E-state index is 13.6. The van der Waals surface area contributed by atoms with Crippen molar-refractivity contribution in [3.05, 3.63) is 58.7 Å². The molecule has 40 heavy (non-hydrogen) atoms.